The summed E-state index contributed by atoms with van der Waals surface area (Å²) in [6, 6.07) is 6.59. The van der Waals surface area contributed by atoms with Gasteiger partial charge in [-0.05, 0) is 13.0 Å². The lowest BCUT2D eigenvalue weighted by atomic mass is 10.1. The van der Waals surface area contributed by atoms with E-state index in [0.29, 0.717) is 31.2 Å². The summed E-state index contributed by atoms with van der Waals surface area (Å²) in [4.78, 5) is 0. The molecule has 0 amide bonds. The van der Waals surface area contributed by atoms with Gasteiger partial charge in [0.05, 0.1) is 19.2 Å². The van der Waals surface area contributed by atoms with Crippen molar-refractivity contribution in [2.75, 3.05) is 25.6 Å². The number of nitrogens with zero attached hydrogens (tertiary/aromatic N) is 2. The fraction of sp³-hybridized carbons (Fsp3) is 0.429. The van der Waals surface area contributed by atoms with E-state index in [9.17, 15) is 4.39 Å². The van der Waals surface area contributed by atoms with Gasteiger partial charge in [-0.1, -0.05) is 23.3 Å². The summed E-state index contributed by atoms with van der Waals surface area (Å²) in [5, 5.41) is 13.9. The van der Waals surface area contributed by atoms with Gasteiger partial charge in [0.1, 0.15) is 5.82 Å². The topological polar surface area (TPSA) is 72.2 Å². The van der Waals surface area contributed by atoms with Crippen molar-refractivity contribution < 1.29 is 13.5 Å². The van der Waals surface area contributed by atoms with Crippen molar-refractivity contribution >= 4 is 6.01 Å². The van der Waals surface area contributed by atoms with Crippen molar-refractivity contribution in [2.24, 2.45) is 0 Å². The minimum Gasteiger partial charge on any atom is -0.407 e. The van der Waals surface area contributed by atoms with Crippen molar-refractivity contribution in [1.82, 2.24) is 15.5 Å². The molecule has 114 valence electrons. The molecule has 2 rings (SSSR count). The minimum absolute atomic E-state index is 0.263. The van der Waals surface area contributed by atoms with E-state index in [2.05, 4.69) is 20.8 Å². The zero-order valence-corrected chi connectivity index (χ0v) is 12.1. The first-order valence-corrected chi connectivity index (χ1v) is 6.73. The Hall–Kier alpha value is -1.99. The van der Waals surface area contributed by atoms with E-state index in [1.807, 2.05) is 6.92 Å². The average molecular weight is 294 g/mol. The molecule has 2 aromatic rings. The molecule has 0 saturated heterocycles. The zero-order valence-electron chi connectivity index (χ0n) is 12.1. The van der Waals surface area contributed by atoms with Crippen molar-refractivity contribution in [1.29, 1.82) is 0 Å². The Labute approximate surface area is 122 Å². The number of aromatic nitrogens is 2. The molecule has 1 heterocycles. The highest BCUT2D eigenvalue weighted by Crippen LogP contribution is 2.20. The van der Waals surface area contributed by atoms with Gasteiger partial charge >= 0.3 is 6.01 Å². The van der Waals surface area contributed by atoms with Gasteiger partial charge in [-0.25, -0.2) is 4.39 Å². The van der Waals surface area contributed by atoms with Gasteiger partial charge in [0, 0.05) is 19.2 Å². The average Bonchev–Trinajstić information content (AvgIpc) is 2.91. The molecule has 0 saturated carbocycles. The highest BCUT2D eigenvalue weighted by atomic mass is 19.1. The van der Waals surface area contributed by atoms with Crippen LogP contribution < -0.4 is 10.6 Å². The Morgan fingerprint density at radius 2 is 2.14 bits per heavy atom. The van der Waals surface area contributed by atoms with Crippen LogP contribution in [-0.2, 0) is 11.3 Å². The summed E-state index contributed by atoms with van der Waals surface area (Å²) < 4.78 is 24.0. The number of ether oxygens (including phenoxy) is 1. The van der Waals surface area contributed by atoms with E-state index in [1.54, 1.807) is 25.3 Å². The first kappa shape index (κ1) is 15.4. The number of benzene rings is 1. The van der Waals surface area contributed by atoms with Gasteiger partial charge in [0.25, 0.3) is 0 Å². The van der Waals surface area contributed by atoms with Gasteiger partial charge in [-0.2, -0.15) is 0 Å². The van der Waals surface area contributed by atoms with Crippen LogP contribution in [0.15, 0.2) is 28.7 Å². The molecule has 0 fully saturated rings. The Bertz CT molecular complexity index is 561. The monoisotopic (exact) mass is 294 g/mol. The second kappa shape index (κ2) is 7.70. The maximum absolute atomic E-state index is 13.7. The minimum atomic E-state index is -0.265. The van der Waals surface area contributed by atoms with Crippen LogP contribution in [0.5, 0.6) is 0 Å². The Morgan fingerprint density at radius 3 is 2.90 bits per heavy atom. The van der Waals surface area contributed by atoms with Crippen molar-refractivity contribution in [3.05, 3.63) is 41.5 Å². The fourth-order valence-corrected chi connectivity index (χ4v) is 1.84. The fourth-order valence-electron chi connectivity index (χ4n) is 1.84. The largest absolute Gasteiger partial charge is 0.407 e. The summed E-state index contributed by atoms with van der Waals surface area (Å²) in [5.74, 6) is 0.202. The van der Waals surface area contributed by atoms with Gasteiger partial charge in [-0.15, -0.1) is 5.10 Å². The van der Waals surface area contributed by atoms with E-state index >= 15 is 0 Å². The van der Waals surface area contributed by atoms with E-state index in [0.717, 1.165) is 0 Å². The summed E-state index contributed by atoms with van der Waals surface area (Å²) in [7, 11) is 1.64. The lowest BCUT2D eigenvalue weighted by molar-refractivity contribution is 0.198. The molecule has 2 N–H and O–H groups in total. The van der Waals surface area contributed by atoms with Crippen LogP contribution in [0.3, 0.4) is 0 Å². The number of hydrogen-bond acceptors (Lipinski definition) is 6. The summed E-state index contributed by atoms with van der Waals surface area (Å²) in [5.41, 5.74) is 0.551. The predicted octanol–water partition coefficient (Wildman–Crippen LogP) is 2.12. The van der Waals surface area contributed by atoms with Crippen LogP contribution in [0.4, 0.5) is 10.4 Å². The summed E-state index contributed by atoms with van der Waals surface area (Å²) in [6.07, 6.45) is 0. The molecule has 0 aliphatic heterocycles. The zero-order chi connectivity index (χ0) is 15.1. The summed E-state index contributed by atoms with van der Waals surface area (Å²) in [6.45, 7) is 3.61. The van der Waals surface area contributed by atoms with Gasteiger partial charge in [-0.3, -0.25) is 0 Å². The Morgan fingerprint density at radius 1 is 1.33 bits per heavy atom. The highest BCUT2D eigenvalue weighted by molar-refractivity contribution is 5.29. The van der Waals surface area contributed by atoms with Crippen LogP contribution in [0.25, 0.3) is 0 Å². The molecule has 0 spiro atoms. The smallest absolute Gasteiger partial charge is 0.315 e. The van der Waals surface area contributed by atoms with Gasteiger partial charge in [0.15, 0.2) is 0 Å². The Balaban J connectivity index is 1.88. The maximum atomic E-state index is 13.7. The number of rotatable bonds is 8. The third-order valence-electron chi connectivity index (χ3n) is 2.94. The maximum Gasteiger partial charge on any atom is 0.315 e. The molecule has 0 bridgehead atoms. The molecule has 0 aliphatic rings. The molecule has 21 heavy (non-hydrogen) atoms. The van der Waals surface area contributed by atoms with Crippen LogP contribution >= 0.6 is 0 Å². The van der Waals surface area contributed by atoms with E-state index in [4.69, 9.17) is 9.15 Å². The third kappa shape index (κ3) is 4.51. The van der Waals surface area contributed by atoms with Crippen LogP contribution in [0.1, 0.15) is 24.4 Å². The quantitative estimate of drug-likeness (QED) is 0.727. The number of anilines is 1. The number of nitrogens with one attached hydrogen (secondary N) is 2. The number of halogens is 1. The predicted molar refractivity (Wildman–Crippen MR) is 76.3 cm³/mol. The van der Waals surface area contributed by atoms with Crippen LogP contribution in [-0.4, -0.2) is 30.5 Å². The lowest BCUT2D eigenvalue weighted by Gasteiger charge is -2.12. The molecular formula is C14H19FN4O2. The normalized spacial score (nSPS) is 12.3. The molecule has 1 aromatic heterocycles. The highest BCUT2D eigenvalue weighted by Gasteiger charge is 2.13. The van der Waals surface area contributed by atoms with Gasteiger partial charge < -0.3 is 19.8 Å². The molecular weight excluding hydrogens is 275 g/mol. The molecule has 7 heteroatoms. The second-order valence-corrected chi connectivity index (χ2v) is 4.56. The van der Waals surface area contributed by atoms with Crippen LogP contribution in [0.2, 0.25) is 0 Å². The van der Waals surface area contributed by atoms with Crippen LogP contribution in [0, 0.1) is 5.82 Å². The van der Waals surface area contributed by atoms with E-state index in [-0.39, 0.29) is 17.9 Å². The molecule has 1 unspecified atom stereocenters. The van der Waals surface area contributed by atoms with E-state index in [1.165, 1.54) is 6.07 Å². The number of methoxy groups -OCH3 is 1. The first-order valence-electron chi connectivity index (χ1n) is 6.73. The standard InChI is InChI=1S/C14H19FN4O2/c1-10(11-5-3-4-6-12(11)15)17-14-19-18-13(21-14)9-16-7-8-20-2/h3-6,10,16H,7-9H2,1-2H3,(H,17,19). The first-order chi connectivity index (χ1) is 10.2. The second-order valence-electron chi connectivity index (χ2n) is 4.56. The van der Waals surface area contributed by atoms with E-state index < -0.39 is 0 Å². The SMILES string of the molecule is COCCNCc1nnc(NC(C)c2ccccc2F)o1. The molecule has 6 nitrogen and oxygen atoms in total. The summed E-state index contributed by atoms with van der Waals surface area (Å²) >= 11 is 0. The molecule has 0 aliphatic carbocycles. The molecule has 1 atom stereocenters. The van der Waals surface area contributed by atoms with Crippen molar-refractivity contribution in [3.8, 4) is 0 Å². The van der Waals surface area contributed by atoms with Crippen molar-refractivity contribution in [2.45, 2.75) is 19.5 Å². The van der Waals surface area contributed by atoms with Gasteiger partial charge in [0.2, 0.25) is 5.89 Å². The molecule has 1 aromatic carbocycles. The van der Waals surface area contributed by atoms with Crippen molar-refractivity contribution in [3.63, 3.8) is 0 Å². The molecule has 0 radical (unpaired) electrons. The number of hydrogen-bond donors (Lipinski definition) is 2. The Kier molecular flexibility index (Phi) is 5.65. The lowest BCUT2D eigenvalue weighted by Crippen LogP contribution is -2.18. The third-order valence-corrected chi connectivity index (χ3v) is 2.94.